The molecule has 0 bridgehead atoms. The zero-order valence-corrected chi connectivity index (χ0v) is 14.3. The maximum absolute atomic E-state index is 12.6. The van der Waals surface area contributed by atoms with Gasteiger partial charge in [-0.2, -0.15) is 0 Å². The molecule has 0 N–H and O–H groups in total. The molecule has 0 aliphatic carbocycles. The third kappa shape index (κ3) is 2.23. The first kappa shape index (κ1) is 15.3. The standard InChI is InChI=1S/C17H29N2O2/c1-14(2)7-9-16(5,18(14)20)11-13-12-17(6)10-8-15(3,4)19(17)21-13/h12H,7-11H2,1-6H3. The molecule has 0 aromatic carbocycles. The van der Waals surface area contributed by atoms with Crippen molar-refractivity contribution in [3.05, 3.63) is 11.8 Å². The summed E-state index contributed by atoms with van der Waals surface area (Å²) in [5.41, 5.74) is -0.528. The van der Waals surface area contributed by atoms with E-state index in [1.165, 1.54) is 5.06 Å². The SMILES string of the molecule is CC1(C)CCC2(C)C=C(CC3(C)CCC(C)(C)N3[O])ON12. The molecule has 21 heavy (non-hydrogen) atoms. The Kier molecular flexibility index (Phi) is 3.09. The summed E-state index contributed by atoms with van der Waals surface area (Å²) in [6.07, 6.45) is 7.11. The second-order valence-electron chi connectivity index (χ2n) is 8.95. The van der Waals surface area contributed by atoms with Crippen molar-refractivity contribution in [2.75, 3.05) is 0 Å². The fraction of sp³-hybridized carbons (Fsp3) is 0.882. The third-order valence-electron chi connectivity index (χ3n) is 5.81. The van der Waals surface area contributed by atoms with Crippen molar-refractivity contribution >= 4 is 0 Å². The first-order valence-corrected chi connectivity index (χ1v) is 8.16. The molecule has 0 aromatic rings. The Balaban J connectivity index is 1.78. The van der Waals surface area contributed by atoms with Crippen molar-refractivity contribution in [1.82, 2.24) is 10.1 Å². The van der Waals surface area contributed by atoms with E-state index in [4.69, 9.17) is 4.84 Å². The molecule has 3 heterocycles. The Labute approximate surface area is 128 Å². The zero-order chi connectivity index (χ0) is 15.7. The highest BCUT2D eigenvalue weighted by Crippen LogP contribution is 2.50. The van der Waals surface area contributed by atoms with E-state index < -0.39 is 0 Å². The molecule has 2 saturated heterocycles. The third-order valence-corrected chi connectivity index (χ3v) is 5.81. The van der Waals surface area contributed by atoms with Gasteiger partial charge in [0.05, 0.1) is 16.6 Å². The van der Waals surface area contributed by atoms with Gasteiger partial charge in [-0.05, 0) is 73.3 Å². The first-order chi connectivity index (χ1) is 9.49. The van der Waals surface area contributed by atoms with Crippen LogP contribution >= 0.6 is 0 Å². The summed E-state index contributed by atoms with van der Waals surface area (Å²) in [5, 5.41) is 16.1. The van der Waals surface area contributed by atoms with Crippen LogP contribution in [0.4, 0.5) is 0 Å². The van der Waals surface area contributed by atoms with Crippen LogP contribution in [0.1, 0.15) is 73.6 Å². The van der Waals surface area contributed by atoms with Gasteiger partial charge in [0.25, 0.3) is 0 Å². The van der Waals surface area contributed by atoms with E-state index in [0.29, 0.717) is 6.42 Å². The summed E-state index contributed by atoms with van der Waals surface area (Å²) in [7, 11) is 0. The molecule has 0 saturated carbocycles. The molecule has 119 valence electrons. The Morgan fingerprint density at radius 2 is 1.62 bits per heavy atom. The van der Waals surface area contributed by atoms with Gasteiger partial charge in [0.15, 0.2) is 0 Å². The van der Waals surface area contributed by atoms with Crippen molar-refractivity contribution in [3.8, 4) is 0 Å². The van der Waals surface area contributed by atoms with Gasteiger partial charge in [0.2, 0.25) is 0 Å². The molecule has 0 spiro atoms. The van der Waals surface area contributed by atoms with Gasteiger partial charge in [-0.3, -0.25) is 0 Å². The normalized spacial score (nSPS) is 42.0. The van der Waals surface area contributed by atoms with Crippen LogP contribution < -0.4 is 0 Å². The molecule has 1 radical (unpaired) electrons. The fourth-order valence-corrected chi connectivity index (χ4v) is 4.43. The van der Waals surface area contributed by atoms with E-state index in [1.54, 1.807) is 0 Å². The van der Waals surface area contributed by atoms with Crippen molar-refractivity contribution in [2.45, 2.75) is 95.8 Å². The molecular formula is C17H29N2O2. The minimum atomic E-state index is -0.338. The van der Waals surface area contributed by atoms with Crippen LogP contribution in [0, 0.1) is 0 Å². The Morgan fingerprint density at radius 3 is 2.14 bits per heavy atom. The number of hydrogen-bond donors (Lipinski definition) is 0. The topological polar surface area (TPSA) is 35.6 Å². The van der Waals surface area contributed by atoms with Crippen molar-refractivity contribution in [1.29, 1.82) is 0 Å². The molecule has 4 heteroatoms. The molecule has 3 aliphatic heterocycles. The van der Waals surface area contributed by atoms with Crippen LogP contribution in [0.15, 0.2) is 11.8 Å². The van der Waals surface area contributed by atoms with E-state index in [-0.39, 0.29) is 22.2 Å². The van der Waals surface area contributed by atoms with E-state index in [9.17, 15) is 5.21 Å². The lowest BCUT2D eigenvalue weighted by atomic mass is 9.92. The predicted octanol–water partition coefficient (Wildman–Crippen LogP) is 3.82. The molecule has 3 rings (SSSR count). The van der Waals surface area contributed by atoms with Gasteiger partial charge in [0, 0.05) is 12.0 Å². The van der Waals surface area contributed by atoms with E-state index in [1.807, 2.05) is 13.8 Å². The van der Waals surface area contributed by atoms with Crippen LogP contribution in [0.5, 0.6) is 0 Å². The predicted molar refractivity (Wildman–Crippen MR) is 81.6 cm³/mol. The molecule has 4 nitrogen and oxygen atoms in total. The number of fused-ring (bicyclic) bond motifs is 1. The lowest BCUT2D eigenvalue weighted by Crippen LogP contribution is -2.47. The number of rotatable bonds is 2. The van der Waals surface area contributed by atoms with Crippen molar-refractivity contribution in [2.24, 2.45) is 0 Å². The molecular weight excluding hydrogens is 264 g/mol. The number of hydrogen-bond acceptors (Lipinski definition) is 3. The van der Waals surface area contributed by atoms with Crippen molar-refractivity contribution < 1.29 is 10.0 Å². The summed E-state index contributed by atoms with van der Waals surface area (Å²) in [5.74, 6) is 0.978. The molecule has 0 aromatic heterocycles. The minimum absolute atomic E-state index is 0.00295. The average Bonchev–Trinajstić information content (AvgIpc) is 2.87. The van der Waals surface area contributed by atoms with Gasteiger partial charge in [-0.15, -0.1) is 15.3 Å². The smallest absolute Gasteiger partial charge is 0.124 e. The van der Waals surface area contributed by atoms with E-state index in [2.05, 4.69) is 38.8 Å². The summed E-state index contributed by atoms with van der Waals surface area (Å²) >= 11 is 0. The van der Waals surface area contributed by atoms with Crippen LogP contribution in [0.2, 0.25) is 0 Å². The highest BCUT2D eigenvalue weighted by molar-refractivity contribution is 5.21. The Morgan fingerprint density at radius 1 is 1.00 bits per heavy atom. The minimum Gasteiger partial charge on any atom is -0.409 e. The molecule has 2 atom stereocenters. The van der Waals surface area contributed by atoms with E-state index in [0.717, 1.165) is 31.4 Å². The summed E-state index contributed by atoms with van der Waals surface area (Å²) in [6, 6.07) is 0. The number of nitrogens with zero attached hydrogens (tertiary/aromatic N) is 2. The maximum atomic E-state index is 12.6. The van der Waals surface area contributed by atoms with Crippen molar-refractivity contribution in [3.63, 3.8) is 0 Å². The van der Waals surface area contributed by atoms with Gasteiger partial charge in [0.1, 0.15) is 5.76 Å². The fourth-order valence-electron chi connectivity index (χ4n) is 4.43. The summed E-state index contributed by atoms with van der Waals surface area (Å²) < 4.78 is 0. The van der Waals surface area contributed by atoms with Gasteiger partial charge < -0.3 is 4.84 Å². The highest BCUT2D eigenvalue weighted by Gasteiger charge is 2.54. The highest BCUT2D eigenvalue weighted by atomic mass is 16.7. The quantitative estimate of drug-likeness (QED) is 0.776. The largest absolute Gasteiger partial charge is 0.409 e. The number of hydroxylamine groups is 4. The van der Waals surface area contributed by atoms with Crippen LogP contribution in [0.3, 0.4) is 0 Å². The summed E-state index contributed by atoms with van der Waals surface area (Å²) in [4.78, 5) is 6.18. The van der Waals surface area contributed by atoms with Gasteiger partial charge in [-0.1, -0.05) is 0 Å². The lowest BCUT2D eigenvalue weighted by molar-refractivity contribution is -0.253. The monoisotopic (exact) mass is 293 g/mol. The maximum Gasteiger partial charge on any atom is 0.124 e. The molecule has 2 fully saturated rings. The average molecular weight is 293 g/mol. The van der Waals surface area contributed by atoms with Crippen LogP contribution in [0.25, 0.3) is 0 Å². The molecule has 2 unspecified atom stereocenters. The lowest BCUT2D eigenvalue weighted by Gasteiger charge is -2.36. The second-order valence-corrected chi connectivity index (χ2v) is 8.95. The van der Waals surface area contributed by atoms with E-state index >= 15 is 0 Å². The summed E-state index contributed by atoms with van der Waals surface area (Å²) in [6.45, 7) is 12.9. The first-order valence-electron chi connectivity index (χ1n) is 8.16. The van der Waals surface area contributed by atoms with Gasteiger partial charge in [-0.25, -0.2) is 0 Å². The van der Waals surface area contributed by atoms with Crippen LogP contribution in [-0.2, 0) is 10.0 Å². The Bertz CT molecular complexity index is 485. The van der Waals surface area contributed by atoms with Crippen LogP contribution in [-0.4, -0.2) is 32.3 Å². The molecule has 0 amide bonds. The van der Waals surface area contributed by atoms with Gasteiger partial charge >= 0.3 is 0 Å². The zero-order valence-electron chi connectivity index (χ0n) is 14.3. The Hall–Kier alpha value is -0.580. The second kappa shape index (κ2) is 4.24. The molecule has 3 aliphatic rings.